The lowest BCUT2D eigenvalue weighted by Crippen LogP contribution is -2.16. The number of hydrogen-bond donors (Lipinski definition) is 1. The SMILES string of the molecule is CCOC(=O)C(C)Sc1n[nH]c(C2CC2)n1. The van der Waals surface area contributed by atoms with Gasteiger partial charge in [0.15, 0.2) is 0 Å². The molecule has 1 saturated carbocycles. The third kappa shape index (κ3) is 2.75. The van der Waals surface area contributed by atoms with Crippen LogP contribution >= 0.6 is 11.8 Å². The van der Waals surface area contributed by atoms with Gasteiger partial charge < -0.3 is 4.74 Å². The zero-order valence-corrected chi connectivity index (χ0v) is 10.2. The van der Waals surface area contributed by atoms with Crippen LogP contribution in [0.2, 0.25) is 0 Å². The number of H-pyrrole nitrogens is 1. The Balaban J connectivity index is 1.89. The average Bonchev–Trinajstić information content (AvgIpc) is 3.01. The fourth-order valence-electron chi connectivity index (χ4n) is 1.32. The van der Waals surface area contributed by atoms with Crippen molar-refractivity contribution in [1.82, 2.24) is 15.2 Å². The molecule has 2 rings (SSSR count). The maximum absolute atomic E-state index is 11.4. The minimum atomic E-state index is -0.261. The molecule has 1 aromatic rings. The van der Waals surface area contributed by atoms with Crippen LogP contribution in [0, 0.1) is 0 Å². The Hall–Kier alpha value is -1.04. The predicted octanol–water partition coefficient (Wildman–Crippen LogP) is 1.73. The van der Waals surface area contributed by atoms with Crippen LogP contribution in [0.4, 0.5) is 0 Å². The maximum atomic E-state index is 11.4. The number of nitrogens with one attached hydrogen (secondary N) is 1. The lowest BCUT2D eigenvalue weighted by Gasteiger charge is -2.06. The summed E-state index contributed by atoms with van der Waals surface area (Å²) in [6.45, 7) is 4.01. The minimum absolute atomic E-state index is 0.217. The van der Waals surface area contributed by atoms with Gasteiger partial charge in [-0.15, -0.1) is 5.10 Å². The van der Waals surface area contributed by atoms with Crippen LogP contribution < -0.4 is 0 Å². The number of aromatic amines is 1. The molecule has 0 aromatic carbocycles. The molecular weight excluding hydrogens is 226 g/mol. The van der Waals surface area contributed by atoms with Gasteiger partial charge in [0.25, 0.3) is 0 Å². The van der Waals surface area contributed by atoms with Crippen molar-refractivity contribution in [3.63, 3.8) is 0 Å². The van der Waals surface area contributed by atoms with Crippen LogP contribution in [0.5, 0.6) is 0 Å². The number of rotatable bonds is 5. The lowest BCUT2D eigenvalue weighted by molar-refractivity contribution is -0.142. The Morgan fingerprint density at radius 1 is 1.69 bits per heavy atom. The van der Waals surface area contributed by atoms with Gasteiger partial charge in [-0.1, -0.05) is 11.8 Å². The highest BCUT2D eigenvalue weighted by Crippen LogP contribution is 2.38. The fourth-order valence-corrected chi connectivity index (χ4v) is 2.05. The summed E-state index contributed by atoms with van der Waals surface area (Å²) in [5, 5.41) is 7.35. The number of hydrogen-bond acceptors (Lipinski definition) is 5. The fraction of sp³-hybridized carbons (Fsp3) is 0.700. The van der Waals surface area contributed by atoms with E-state index in [9.17, 15) is 4.79 Å². The molecule has 1 unspecified atom stereocenters. The first-order valence-electron chi connectivity index (χ1n) is 5.46. The third-order valence-corrected chi connectivity index (χ3v) is 3.29. The first kappa shape index (κ1) is 11.4. The van der Waals surface area contributed by atoms with Gasteiger partial charge in [0.2, 0.25) is 5.16 Å². The normalized spacial score (nSPS) is 17.1. The predicted molar refractivity (Wildman–Crippen MR) is 60.3 cm³/mol. The molecule has 0 saturated heterocycles. The lowest BCUT2D eigenvalue weighted by atomic mass is 10.4. The van der Waals surface area contributed by atoms with Crippen molar-refractivity contribution < 1.29 is 9.53 Å². The van der Waals surface area contributed by atoms with Crippen LogP contribution in [-0.4, -0.2) is 33.0 Å². The molecule has 6 heteroatoms. The zero-order valence-electron chi connectivity index (χ0n) is 9.40. The molecule has 0 spiro atoms. The summed E-state index contributed by atoms with van der Waals surface area (Å²) in [5.74, 6) is 1.28. The number of aromatic nitrogens is 3. The summed E-state index contributed by atoms with van der Waals surface area (Å²) < 4.78 is 4.92. The molecule has 0 amide bonds. The summed E-state index contributed by atoms with van der Waals surface area (Å²) in [6.07, 6.45) is 2.37. The largest absolute Gasteiger partial charge is 0.465 e. The molecule has 1 aliphatic rings. The second kappa shape index (κ2) is 4.86. The smallest absolute Gasteiger partial charge is 0.319 e. The Bertz CT molecular complexity index is 376. The van der Waals surface area contributed by atoms with E-state index >= 15 is 0 Å². The van der Waals surface area contributed by atoms with Gasteiger partial charge in [0.1, 0.15) is 11.1 Å². The van der Waals surface area contributed by atoms with Crippen molar-refractivity contribution >= 4 is 17.7 Å². The Labute approximate surface area is 98.4 Å². The molecule has 0 bridgehead atoms. The van der Waals surface area contributed by atoms with Crippen LogP contribution in [0.3, 0.4) is 0 Å². The van der Waals surface area contributed by atoms with E-state index in [-0.39, 0.29) is 11.2 Å². The molecule has 16 heavy (non-hydrogen) atoms. The molecular formula is C10H15N3O2S. The third-order valence-electron chi connectivity index (χ3n) is 2.35. The molecule has 1 N–H and O–H groups in total. The van der Waals surface area contributed by atoms with Gasteiger partial charge in [-0.3, -0.25) is 9.89 Å². The topological polar surface area (TPSA) is 67.9 Å². The molecule has 1 aromatic heterocycles. The standard InChI is InChI=1S/C10H15N3O2S/c1-3-15-9(14)6(2)16-10-11-8(12-13-10)7-4-5-7/h6-7H,3-5H2,1-2H3,(H,11,12,13). The quantitative estimate of drug-likeness (QED) is 0.628. The first-order chi connectivity index (χ1) is 7.70. The van der Waals surface area contributed by atoms with Crippen LogP contribution in [0.1, 0.15) is 38.4 Å². The zero-order chi connectivity index (χ0) is 11.5. The van der Waals surface area contributed by atoms with E-state index < -0.39 is 0 Å². The van der Waals surface area contributed by atoms with E-state index in [0.717, 1.165) is 5.82 Å². The van der Waals surface area contributed by atoms with E-state index in [2.05, 4.69) is 15.2 Å². The van der Waals surface area contributed by atoms with Gasteiger partial charge in [0.05, 0.1) is 6.61 Å². The first-order valence-corrected chi connectivity index (χ1v) is 6.34. The molecule has 1 fully saturated rings. The number of nitrogens with zero attached hydrogens (tertiary/aromatic N) is 2. The van der Waals surface area contributed by atoms with Gasteiger partial charge in [-0.05, 0) is 26.7 Å². The second-order valence-corrected chi connectivity index (χ2v) is 5.10. The minimum Gasteiger partial charge on any atom is -0.465 e. The summed E-state index contributed by atoms with van der Waals surface area (Å²) >= 11 is 1.33. The summed E-state index contributed by atoms with van der Waals surface area (Å²) in [4.78, 5) is 15.7. The van der Waals surface area contributed by atoms with E-state index in [1.807, 2.05) is 0 Å². The Morgan fingerprint density at radius 2 is 2.44 bits per heavy atom. The van der Waals surface area contributed by atoms with Crippen molar-refractivity contribution in [3.8, 4) is 0 Å². The van der Waals surface area contributed by atoms with Crippen molar-refractivity contribution in [2.75, 3.05) is 6.61 Å². The molecule has 5 nitrogen and oxygen atoms in total. The maximum Gasteiger partial charge on any atom is 0.319 e. The van der Waals surface area contributed by atoms with Crippen LogP contribution in [-0.2, 0) is 9.53 Å². The Morgan fingerprint density at radius 3 is 3.06 bits per heavy atom. The van der Waals surface area contributed by atoms with Crippen LogP contribution in [0.25, 0.3) is 0 Å². The van der Waals surface area contributed by atoms with Crippen molar-refractivity contribution in [3.05, 3.63) is 5.82 Å². The number of carbonyl (C=O) groups is 1. The molecule has 1 heterocycles. The van der Waals surface area contributed by atoms with E-state index in [1.165, 1.54) is 24.6 Å². The highest BCUT2D eigenvalue weighted by molar-refractivity contribution is 8.00. The van der Waals surface area contributed by atoms with Crippen molar-refractivity contribution in [2.45, 2.75) is 43.0 Å². The molecule has 0 radical (unpaired) electrons. The number of ether oxygens (including phenoxy) is 1. The number of esters is 1. The van der Waals surface area contributed by atoms with Gasteiger partial charge in [0, 0.05) is 5.92 Å². The number of thioether (sulfide) groups is 1. The Kier molecular flexibility index (Phi) is 3.48. The highest BCUT2D eigenvalue weighted by Gasteiger charge is 2.28. The van der Waals surface area contributed by atoms with E-state index in [1.54, 1.807) is 13.8 Å². The van der Waals surface area contributed by atoms with Crippen LogP contribution in [0.15, 0.2) is 5.16 Å². The van der Waals surface area contributed by atoms with Gasteiger partial charge in [-0.2, -0.15) is 0 Å². The number of carbonyl (C=O) groups excluding carboxylic acids is 1. The van der Waals surface area contributed by atoms with Gasteiger partial charge >= 0.3 is 5.97 Å². The average molecular weight is 241 g/mol. The van der Waals surface area contributed by atoms with E-state index in [0.29, 0.717) is 17.7 Å². The van der Waals surface area contributed by atoms with Crippen molar-refractivity contribution in [1.29, 1.82) is 0 Å². The molecule has 1 aliphatic carbocycles. The molecule has 88 valence electrons. The molecule has 1 atom stereocenters. The molecule has 0 aliphatic heterocycles. The van der Waals surface area contributed by atoms with Crippen molar-refractivity contribution in [2.24, 2.45) is 0 Å². The summed E-state index contributed by atoms with van der Waals surface area (Å²) in [6, 6.07) is 0. The summed E-state index contributed by atoms with van der Waals surface area (Å²) in [5.41, 5.74) is 0. The summed E-state index contributed by atoms with van der Waals surface area (Å²) in [7, 11) is 0. The van der Waals surface area contributed by atoms with E-state index in [4.69, 9.17) is 4.74 Å². The second-order valence-electron chi connectivity index (χ2n) is 3.79. The monoisotopic (exact) mass is 241 g/mol. The highest BCUT2D eigenvalue weighted by atomic mass is 32.2. The van der Waals surface area contributed by atoms with Gasteiger partial charge in [-0.25, -0.2) is 4.98 Å².